The topological polar surface area (TPSA) is 71.4 Å². The summed E-state index contributed by atoms with van der Waals surface area (Å²) in [5.74, 6) is -1.37. The molecule has 1 aliphatic heterocycles. The average molecular weight is 500 g/mol. The first-order valence-corrected chi connectivity index (χ1v) is 11.1. The number of hydrogen-bond acceptors (Lipinski definition) is 3. The Labute approximate surface area is 198 Å². The Morgan fingerprint density at radius 1 is 0.848 bits per heavy atom. The van der Waals surface area contributed by atoms with Crippen LogP contribution in [-0.4, -0.2) is 22.4 Å². The molecule has 0 spiro atoms. The lowest BCUT2D eigenvalue weighted by atomic mass is 10.1. The number of para-hydroxylation sites is 1. The third kappa shape index (κ3) is 3.99. The van der Waals surface area contributed by atoms with Crippen molar-refractivity contribution in [1.29, 1.82) is 0 Å². The van der Waals surface area contributed by atoms with E-state index in [1.165, 1.54) is 0 Å². The Hall–Kier alpha value is -3.97. The zero-order valence-electron chi connectivity index (χ0n) is 17.4. The van der Waals surface area contributed by atoms with E-state index in [0.717, 1.165) is 31.4 Å². The number of carbonyl (C=O) groups is 3. The number of benzene rings is 3. The third-order valence-corrected chi connectivity index (χ3v) is 6.03. The van der Waals surface area contributed by atoms with Crippen molar-refractivity contribution in [3.63, 3.8) is 0 Å². The minimum atomic E-state index is -0.768. The van der Waals surface area contributed by atoms with E-state index in [4.69, 9.17) is 0 Å². The number of aromatic nitrogens is 1. The number of nitrogens with zero attached hydrogens (tertiary/aromatic N) is 2. The smallest absolute Gasteiger partial charge is 0.335 e. The Morgan fingerprint density at radius 3 is 2.30 bits per heavy atom. The molecule has 3 aromatic carbocycles. The number of imide groups is 2. The fourth-order valence-corrected chi connectivity index (χ4v) is 4.20. The second kappa shape index (κ2) is 8.52. The molecule has 1 saturated heterocycles. The van der Waals surface area contributed by atoms with Crippen LogP contribution in [0.2, 0.25) is 0 Å². The molecule has 0 radical (unpaired) electrons. The van der Waals surface area contributed by atoms with Crippen molar-refractivity contribution in [2.24, 2.45) is 0 Å². The Morgan fingerprint density at radius 2 is 1.55 bits per heavy atom. The lowest BCUT2D eigenvalue weighted by molar-refractivity contribution is -0.122. The molecular formula is C26H18BrN3O3. The predicted octanol–water partition coefficient (Wildman–Crippen LogP) is 5.12. The molecule has 0 saturated carbocycles. The molecule has 1 aromatic heterocycles. The van der Waals surface area contributed by atoms with E-state index in [2.05, 4.69) is 25.8 Å². The van der Waals surface area contributed by atoms with E-state index in [-0.39, 0.29) is 5.57 Å². The van der Waals surface area contributed by atoms with Gasteiger partial charge in [0.1, 0.15) is 5.57 Å². The molecule has 5 rings (SSSR count). The first-order valence-electron chi connectivity index (χ1n) is 10.3. The van der Waals surface area contributed by atoms with Crippen LogP contribution in [0.3, 0.4) is 0 Å². The van der Waals surface area contributed by atoms with Gasteiger partial charge in [0, 0.05) is 33.7 Å². The lowest BCUT2D eigenvalue weighted by Crippen LogP contribution is -2.54. The molecule has 4 amide bonds. The number of hydrogen-bond donors (Lipinski definition) is 1. The fraction of sp³-hybridized carbons (Fsp3) is 0.0385. The standard InChI is InChI=1S/C26H18BrN3O3/c27-19-10-12-20(13-11-19)30-25(32)22(24(31)28-26(30)33)14-18-16-29(15-17-6-2-1-3-7-17)23-9-5-4-8-21(18)23/h1-14,16H,15H2,(H,28,31,33). The van der Waals surface area contributed by atoms with E-state index >= 15 is 0 Å². The maximum atomic E-state index is 13.2. The number of barbiturate groups is 1. The molecule has 1 aliphatic rings. The van der Waals surface area contributed by atoms with Gasteiger partial charge in [0.2, 0.25) is 0 Å². The van der Waals surface area contributed by atoms with Crippen LogP contribution in [-0.2, 0) is 16.1 Å². The quantitative estimate of drug-likeness (QED) is 0.313. The first-order chi connectivity index (χ1) is 16.0. The number of rotatable bonds is 4. The molecule has 0 unspecified atom stereocenters. The van der Waals surface area contributed by atoms with Gasteiger partial charge in [-0.05, 0) is 42.0 Å². The first kappa shape index (κ1) is 20.9. The van der Waals surface area contributed by atoms with Crippen LogP contribution in [0.1, 0.15) is 11.1 Å². The van der Waals surface area contributed by atoms with Crippen LogP contribution in [0.15, 0.2) is 95.1 Å². The van der Waals surface area contributed by atoms with Gasteiger partial charge in [-0.25, -0.2) is 9.69 Å². The third-order valence-electron chi connectivity index (χ3n) is 5.50. The van der Waals surface area contributed by atoms with E-state index in [1.54, 1.807) is 30.3 Å². The zero-order chi connectivity index (χ0) is 22.9. The molecular weight excluding hydrogens is 482 g/mol. The predicted molar refractivity (Wildman–Crippen MR) is 131 cm³/mol. The molecule has 33 heavy (non-hydrogen) atoms. The molecule has 162 valence electrons. The molecule has 2 heterocycles. The van der Waals surface area contributed by atoms with Crippen LogP contribution in [0.4, 0.5) is 10.5 Å². The maximum absolute atomic E-state index is 13.2. The van der Waals surface area contributed by atoms with Crippen LogP contribution >= 0.6 is 15.9 Å². The van der Waals surface area contributed by atoms with Crippen molar-refractivity contribution in [1.82, 2.24) is 9.88 Å². The van der Waals surface area contributed by atoms with E-state index in [9.17, 15) is 14.4 Å². The van der Waals surface area contributed by atoms with E-state index in [1.807, 2.05) is 60.8 Å². The van der Waals surface area contributed by atoms with Gasteiger partial charge in [-0.15, -0.1) is 0 Å². The van der Waals surface area contributed by atoms with E-state index < -0.39 is 17.8 Å². The molecule has 4 aromatic rings. The van der Waals surface area contributed by atoms with Crippen molar-refractivity contribution in [3.05, 3.63) is 106 Å². The summed E-state index contributed by atoms with van der Waals surface area (Å²) in [6, 6.07) is 23.8. The van der Waals surface area contributed by atoms with Gasteiger partial charge in [-0.1, -0.05) is 64.5 Å². The number of fused-ring (bicyclic) bond motifs is 1. The normalized spacial score (nSPS) is 15.4. The van der Waals surface area contributed by atoms with Gasteiger partial charge >= 0.3 is 6.03 Å². The summed E-state index contributed by atoms with van der Waals surface area (Å²) in [6.45, 7) is 0.647. The second-order valence-corrected chi connectivity index (χ2v) is 8.57. The fourth-order valence-electron chi connectivity index (χ4n) is 3.94. The lowest BCUT2D eigenvalue weighted by Gasteiger charge is -2.26. The number of anilines is 1. The van der Waals surface area contributed by atoms with Gasteiger partial charge in [0.25, 0.3) is 11.8 Å². The van der Waals surface area contributed by atoms with Gasteiger partial charge in [-0.3, -0.25) is 14.9 Å². The minimum Gasteiger partial charge on any atom is -0.342 e. The summed E-state index contributed by atoms with van der Waals surface area (Å²) < 4.78 is 2.90. The highest BCUT2D eigenvalue weighted by molar-refractivity contribution is 9.10. The van der Waals surface area contributed by atoms with Crippen molar-refractivity contribution in [2.45, 2.75) is 6.54 Å². The highest BCUT2D eigenvalue weighted by atomic mass is 79.9. The number of carbonyl (C=O) groups excluding carboxylic acids is 3. The van der Waals surface area contributed by atoms with Gasteiger partial charge in [-0.2, -0.15) is 0 Å². The second-order valence-electron chi connectivity index (χ2n) is 7.65. The number of amides is 4. The summed E-state index contributed by atoms with van der Waals surface area (Å²) in [5.41, 5.74) is 3.13. The summed E-state index contributed by atoms with van der Waals surface area (Å²) in [6.07, 6.45) is 3.48. The maximum Gasteiger partial charge on any atom is 0.335 e. The van der Waals surface area contributed by atoms with Crippen molar-refractivity contribution in [2.75, 3.05) is 4.90 Å². The molecule has 6 nitrogen and oxygen atoms in total. The monoisotopic (exact) mass is 499 g/mol. The number of nitrogens with one attached hydrogen (secondary N) is 1. The van der Waals surface area contributed by atoms with Crippen molar-refractivity contribution in [3.8, 4) is 0 Å². The molecule has 0 atom stereocenters. The highest BCUT2D eigenvalue weighted by Crippen LogP contribution is 2.27. The summed E-state index contributed by atoms with van der Waals surface area (Å²) in [5, 5.41) is 3.19. The van der Waals surface area contributed by atoms with Crippen molar-refractivity contribution < 1.29 is 14.4 Å². The molecule has 0 bridgehead atoms. The van der Waals surface area contributed by atoms with Crippen molar-refractivity contribution >= 4 is 56.4 Å². The van der Waals surface area contributed by atoms with Crippen LogP contribution in [0, 0.1) is 0 Å². The van der Waals surface area contributed by atoms with E-state index in [0.29, 0.717) is 12.2 Å². The zero-order valence-corrected chi connectivity index (χ0v) is 19.0. The Balaban J connectivity index is 1.57. The molecule has 1 fully saturated rings. The molecule has 7 heteroatoms. The van der Waals surface area contributed by atoms with Crippen LogP contribution < -0.4 is 10.2 Å². The summed E-state index contributed by atoms with van der Waals surface area (Å²) >= 11 is 3.34. The van der Waals surface area contributed by atoms with Crippen LogP contribution in [0.25, 0.3) is 17.0 Å². The van der Waals surface area contributed by atoms with Gasteiger partial charge < -0.3 is 4.57 Å². The summed E-state index contributed by atoms with van der Waals surface area (Å²) in [7, 11) is 0. The number of halogens is 1. The highest BCUT2D eigenvalue weighted by Gasteiger charge is 2.37. The average Bonchev–Trinajstić information content (AvgIpc) is 3.16. The SMILES string of the molecule is O=C1NC(=O)N(c2ccc(Br)cc2)C(=O)C1=Cc1cn(Cc2ccccc2)c2ccccc12. The van der Waals surface area contributed by atoms with Crippen LogP contribution in [0.5, 0.6) is 0 Å². The minimum absolute atomic E-state index is 0.0971. The van der Waals surface area contributed by atoms with Gasteiger partial charge in [0.15, 0.2) is 0 Å². The Kier molecular flexibility index (Phi) is 5.40. The largest absolute Gasteiger partial charge is 0.342 e. The molecule has 1 N–H and O–H groups in total. The summed E-state index contributed by atoms with van der Waals surface area (Å²) in [4.78, 5) is 39.3. The number of urea groups is 1. The van der Waals surface area contributed by atoms with Gasteiger partial charge in [0.05, 0.1) is 5.69 Å². The Bertz CT molecular complexity index is 1420. The molecule has 0 aliphatic carbocycles.